The van der Waals surface area contributed by atoms with Crippen LogP contribution in [0.25, 0.3) is 0 Å². The molecular weight excluding hydrogens is 344 g/mol. The molecule has 0 atom stereocenters. The summed E-state index contributed by atoms with van der Waals surface area (Å²) in [5, 5.41) is 3.71. The summed E-state index contributed by atoms with van der Waals surface area (Å²) >= 11 is 9.21. The monoisotopic (exact) mass is 356 g/mol. The molecule has 0 aliphatic carbocycles. The van der Waals surface area contributed by atoms with Gasteiger partial charge in [0.2, 0.25) is 0 Å². The van der Waals surface area contributed by atoms with E-state index in [1.807, 2.05) is 24.3 Å². The fourth-order valence-corrected chi connectivity index (χ4v) is 2.19. The number of nitrogens with zero attached hydrogens (tertiary/aromatic N) is 1. The van der Waals surface area contributed by atoms with Gasteiger partial charge in [-0.15, -0.1) is 0 Å². The number of methoxy groups -OCH3 is 2. The molecule has 0 radical (unpaired) electrons. The average Bonchev–Trinajstić information content (AvgIpc) is 2.48. The van der Waals surface area contributed by atoms with Crippen LogP contribution in [0, 0.1) is 0 Å². The van der Waals surface area contributed by atoms with Crippen molar-refractivity contribution in [1.82, 2.24) is 4.98 Å². The van der Waals surface area contributed by atoms with E-state index in [1.165, 1.54) is 0 Å². The van der Waals surface area contributed by atoms with Gasteiger partial charge in [-0.05, 0) is 40.2 Å². The van der Waals surface area contributed by atoms with Gasteiger partial charge in [0.05, 0.1) is 30.6 Å². The number of pyridine rings is 1. The molecule has 0 saturated carbocycles. The molecule has 1 aromatic carbocycles. The van der Waals surface area contributed by atoms with Crippen LogP contribution in [-0.4, -0.2) is 19.2 Å². The lowest BCUT2D eigenvalue weighted by Crippen LogP contribution is -2.02. The first kappa shape index (κ1) is 14.9. The maximum absolute atomic E-state index is 5.86. The summed E-state index contributed by atoms with van der Waals surface area (Å²) in [6.07, 6.45) is 1.68. The number of rotatable bonds is 5. The van der Waals surface area contributed by atoms with Gasteiger partial charge < -0.3 is 14.8 Å². The van der Waals surface area contributed by atoms with Gasteiger partial charge in [-0.25, -0.2) is 4.98 Å². The van der Waals surface area contributed by atoms with Crippen LogP contribution in [0.4, 0.5) is 5.69 Å². The topological polar surface area (TPSA) is 43.4 Å². The molecule has 0 saturated heterocycles. The fourth-order valence-electron chi connectivity index (χ4n) is 1.74. The predicted octanol–water partition coefficient (Wildman–Crippen LogP) is 4.13. The number of nitrogens with one attached hydrogen (secondary N) is 1. The number of halogens is 2. The molecule has 1 aromatic heterocycles. The van der Waals surface area contributed by atoms with Gasteiger partial charge in [0.1, 0.15) is 16.7 Å². The second-order valence-electron chi connectivity index (χ2n) is 4.03. The molecule has 1 N–H and O–H groups in total. The van der Waals surface area contributed by atoms with Crippen molar-refractivity contribution in [2.45, 2.75) is 6.54 Å². The number of aromatic nitrogens is 1. The molecule has 2 rings (SSSR count). The zero-order chi connectivity index (χ0) is 14.5. The van der Waals surface area contributed by atoms with E-state index in [9.17, 15) is 0 Å². The summed E-state index contributed by atoms with van der Waals surface area (Å²) < 4.78 is 11.3. The number of ether oxygens (including phenoxy) is 2. The Hall–Kier alpha value is -1.46. The van der Waals surface area contributed by atoms with E-state index >= 15 is 0 Å². The molecule has 106 valence electrons. The van der Waals surface area contributed by atoms with E-state index in [1.54, 1.807) is 20.4 Å². The second kappa shape index (κ2) is 6.81. The van der Waals surface area contributed by atoms with Crippen molar-refractivity contribution in [3.05, 3.63) is 45.7 Å². The molecule has 20 heavy (non-hydrogen) atoms. The van der Waals surface area contributed by atoms with Crippen LogP contribution in [0.3, 0.4) is 0 Å². The quantitative estimate of drug-likeness (QED) is 0.817. The van der Waals surface area contributed by atoms with Crippen molar-refractivity contribution in [3.8, 4) is 11.5 Å². The Morgan fingerprint density at radius 1 is 1.25 bits per heavy atom. The Bertz CT molecular complexity index is 608. The van der Waals surface area contributed by atoms with Gasteiger partial charge in [0, 0.05) is 12.1 Å². The molecule has 0 spiro atoms. The number of hydrogen-bond donors (Lipinski definition) is 1. The smallest absolute Gasteiger partial charge is 0.143 e. The van der Waals surface area contributed by atoms with Gasteiger partial charge in [-0.3, -0.25) is 0 Å². The third kappa shape index (κ3) is 3.55. The Kier molecular flexibility index (Phi) is 5.09. The molecule has 4 nitrogen and oxygen atoms in total. The maximum Gasteiger partial charge on any atom is 0.143 e. The van der Waals surface area contributed by atoms with Gasteiger partial charge in [-0.1, -0.05) is 11.6 Å². The van der Waals surface area contributed by atoms with Crippen LogP contribution in [-0.2, 0) is 6.54 Å². The lowest BCUT2D eigenvalue weighted by atomic mass is 10.2. The van der Waals surface area contributed by atoms with E-state index in [0.717, 1.165) is 27.2 Å². The minimum Gasteiger partial charge on any atom is -0.497 e. The summed E-state index contributed by atoms with van der Waals surface area (Å²) in [4.78, 5) is 4.07. The first-order chi connectivity index (χ1) is 9.63. The summed E-state index contributed by atoms with van der Waals surface area (Å²) in [6, 6.07) is 7.56. The van der Waals surface area contributed by atoms with Crippen molar-refractivity contribution < 1.29 is 9.47 Å². The van der Waals surface area contributed by atoms with E-state index < -0.39 is 0 Å². The molecule has 1 heterocycles. The summed E-state index contributed by atoms with van der Waals surface area (Å²) in [6.45, 7) is 0.593. The van der Waals surface area contributed by atoms with Gasteiger partial charge >= 0.3 is 0 Å². The van der Waals surface area contributed by atoms with E-state index in [-0.39, 0.29) is 0 Å². The average molecular weight is 358 g/mol. The zero-order valence-corrected chi connectivity index (χ0v) is 13.5. The molecule has 0 aliphatic heterocycles. The third-order valence-electron chi connectivity index (χ3n) is 2.77. The Labute approximate surface area is 131 Å². The molecule has 6 heteroatoms. The van der Waals surface area contributed by atoms with Crippen LogP contribution >= 0.6 is 27.5 Å². The molecule has 0 bridgehead atoms. The van der Waals surface area contributed by atoms with Crippen molar-refractivity contribution in [1.29, 1.82) is 0 Å². The number of hydrogen-bond acceptors (Lipinski definition) is 4. The Morgan fingerprint density at radius 3 is 2.70 bits per heavy atom. The minimum absolute atomic E-state index is 0.439. The molecule has 0 aliphatic rings. The van der Waals surface area contributed by atoms with Crippen molar-refractivity contribution in [3.63, 3.8) is 0 Å². The van der Waals surface area contributed by atoms with Crippen LogP contribution in [0.5, 0.6) is 11.5 Å². The molecule has 0 fully saturated rings. The second-order valence-corrected chi connectivity index (χ2v) is 5.24. The molecular formula is C14H14BrClN2O2. The zero-order valence-electron chi connectivity index (χ0n) is 11.1. The standard InChI is InChI=1S/C14H14BrClN2O2/c1-19-11-3-4-13(20-2)9(5-11)7-17-10-6-12(15)14(16)18-8-10/h3-6,8,17H,7H2,1-2H3. The Balaban J connectivity index is 2.15. The van der Waals surface area contributed by atoms with Crippen LogP contribution in [0.2, 0.25) is 5.15 Å². The molecule has 0 unspecified atom stereocenters. The van der Waals surface area contributed by atoms with Crippen molar-refractivity contribution >= 4 is 33.2 Å². The van der Waals surface area contributed by atoms with E-state index in [4.69, 9.17) is 21.1 Å². The van der Waals surface area contributed by atoms with E-state index in [0.29, 0.717) is 11.7 Å². The highest BCUT2D eigenvalue weighted by atomic mass is 79.9. The maximum atomic E-state index is 5.86. The minimum atomic E-state index is 0.439. The number of benzene rings is 1. The molecule has 0 amide bonds. The highest BCUT2D eigenvalue weighted by Gasteiger charge is 2.06. The third-order valence-corrected chi connectivity index (χ3v) is 3.90. The van der Waals surface area contributed by atoms with Crippen LogP contribution in [0.1, 0.15) is 5.56 Å². The first-order valence-electron chi connectivity index (χ1n) is 5.90. The summed E-state index contributed by atoms with van der Waals surface area (Å²) in [5.41, 5.74) is 1.86. The number of anilines is 1. The van der Waals surface area contributed by atoms with Gasteiger partial charge in [0.15, 0.2) is 0 Å². The highest BCUT2D eigenvalue weighted by Crippen LogP contribution is 2.26. The van der Waals surface area contributed by atoms with Crippen LogP contribution < -0.4 is 14.8 Å². The van der Waals surface area contributed by atoms with Gasteiger partial charge in [0.25, 0.3) is 0 Å². The predicted molar refractivity (Wildman–Crippen MR) is 83.8 cm³/mol. The molecule has 2 aromatic rings. The lowest BCUT2D eigenvalue weighted by molar-refractivity contribution is 0.399. The SMILES string of the molecule is COc1ccc(OC)c(CNc2cnc(Cl)c(Br)c2)c1. The van der Waals surface area contributed by atoms with E-state index in [2.05, 4.69) is 26.2 Å². The first-order valence-corrected chi connectivity index (χ1v) is 7.07. The highest BCUT2D eigenvalue weighted by molar-refractivity contribution is 9.10. The summed E-state index contributed by atoms with van der Waals surface area (Å²) in [5.74, 6) is 1.59. The fraction of sp³-hybridized carbons (Fsp3) is 0.214. The van der Waals surface area contributed by atoms with Gasteiger partial charge in [-0.2, -0.15) is 0 Å². The van der Waals surface area contributed by atoms with Crippen molar-refractivity contribution in [2.75, 3.05) is 19.5 Å². The largest absolute Gasteiger partial charge is 0.497 e. The normalized spacial score (nSPS) is 10.2. The lowest BCUT2D eigenvalue weighted by Gasteiger charge is -2.12. The van der Waals surface area contributed by atoms with Crippen LogP contribution in [0.15, 0.2) is 34.9 Å². The summed E-state index contributed by atoms with van der Waals surface area (Å²) in [7, 11) is 3.28. The Morgan fingerprint density at radius 2 is 2.05 bits per heavy atom. The van der Waals surface area contributed by atoms with Crippen molar-refractivity contribution in [2.24, 2.45) is 0 Å².